The average molecular weight is 495 g/mol. The second-order valence-electron chi connectivity index (χ2n) is 9.86. The summed E-state index contributed by atoms with van der Waals surface area (Å²) in [6.07, 6.45) is 2.85. The fourth-order valence-corrected chi connectivity index (χ4v) is 5.93. The summed E-state index contributed by atoms with van der Waals surface area (Å²) in [5.41, 5.74) is 12.3. The summed E-state index contributed by atoms with van der Waals surface area (Å²) in [4.78, 5) is 7.02. The highest BCUT2D eigenvalue weighted by Crippen LogP contribution is 2.44. The molecule has 2 unspecified atom stereocenters. The van der Waals surface area contributed by atoms with Gasteiger partial charge in [0.15, 0.2) is 5.11 Å². The summed E-state index contributed by atoms with van der Waals surface area (Å²) in [5.74, 6) is 0. The molecule has 4 nitrogen and oxygen atoms in total. The van der Waals surface area contributed by atoms with Gasteiger partial charge in [-0.3, -0.25) is 4.98 Å². The van der Waals surface area contributed by atoms with Gasteiger partial charge in [-0.2, -0.15) is 0 Å². The third kappa shape index (κ3) is 4.01. The van der Waals surface area contributed by atoms with Gasteiger partial charge in [-0.05, 0) is 111 Å². The van der Waals surface area contributed by atoms with Crippen LogP contribution in [0.4, 0.5) is 5.69 Å². The summed E-state index contributed by atoms with van der Waals surface area (Å²) in [6, 6.07) is 21.6. The van der Waals surface area contributed by atoms with Gasteiger partial charge in [0.1, 0.15) is 0 Å². The van der Waals surface area contributed by atoms with E-state index < -0.39 is 0 Å². The Kier molecular flexibility index (Phi) is 6.44. The molecule has 3 heterocycles. The molecule has 2 aromatic carbocycles. The topological polar surface area (TPSA) is 33.1 Å². The smallest absolute Gasteiger partial charge is 0.174 e. The van der Waals surface area contributed by atoms with Crippen molar-refractivity contribution in [1.82, 2.24) is 14.9 Å². The maximum Gasteiger partial charge on any atom is 0.174 e. The normalized spacial score (nSPS) is 17.5. The van der Waals surface area contributed by atoms with Crippen LogP contribution in [-0.2, 0) is 6.42 Å². The van der Waals surface area contributed by atoms with Crippen LogP contribution < -0.4 is 10.2 Å². The number of anilines is 1. The number of nitrogens with zero attached hydrogens (tertiary/aromatic N) is 3. The summed E-state index contributed by atoms with van der Waals surface area (Å²) in [6.45, 7) is 13.2. The molecule has 1 aliphatic heterocycles. The van der Waals surface area contributed by atoms with Crippen LogP contribution in [0.15, 0.2) is 66.9 Å². The van der Waals surface area contributed by atoms with Crippen LogP contribution in [0.1, 0.15) is 63.9 Å². The lowest BCUT2D eigenvalue weighted by molar-refractivity contribution is 0.565. The van der Waals surface area contributed by atoms with Crippen LogP contribution in [0.25, 0.3) is 5.69 Å². The number of para-hydroxylation sites is 1. The molecule has 1 N–H and O–H groups in total. The minimum atomic E-state index is -0.0585. The number of hydrogen-bond donors (Lipinski definition) is 1. The molecule has 5 rings (SSSR count). The molecule has 36 heavy (non-hydrogen) atoms. The van der Waals surface area contributed by atoms with Crippen LogP contribution in [0.3, 0.4) is 0 Å². The molecule has 2 atom stereocenters. The first-order valence-electron chi connectivity index (χ1n) is 12.7. The molecule has 4 aromatic rings. The summed E-state index contributed by atoms with van der Waals surface area (Å²) >= 11 is 5.97. The Bertz CT molecular complexity index is 1440. The Morgan fingerprint density at radius 2 is 1.69 bits per heavy atom. The SMILES string of the molecule is CCc1cccc(C)c1-n1c(C)cc(C2C(c3ccccn3)NC(=S)N2c2ccc(C)c(C)c2)c1C. The predicted octanol–water partition coefficient (Wildman–Crippen LogP) is 7.15. The summed E-state index contributed by atoms with van der Waals surface area (Å²) < 4.78 is 2.43. The second-order valence-corrected chi connectivity index (χ2v) is 10.2. The lowest BCUT2D eigenvalue weighted by atomic mass is 9.96. The monoisotopic (exact) mass is 494 g/mol. The van der Waals surface area contributed by atoms with Crippen molar-refractivity contribution in [3.63, 3.8) is 0 Å². The van der Waals surface area contributed by atoms with E-state index in [0.29, 0.717) is 0 Å². The first-order chi connectivity index (χ1) is 17.3. The zero-order valence-corrected chi connectivity index (χ0v) is 22.8. The fraction of sp³-hybridized carbons (Fsp3) is 0.290. The van der Waals surface area contributed by atoms with Crippen molar-refractivity contribution in [2.75, 3.05) is 4.90 Å². The van der Waals surface area contributed by atoms with E-state index in [2.05, 4.69) is 105 Å². The van der Waals surface area contributed by atoms with Crippen molar-refractivity contribution >= 4 is 23.0 Å². The highest BCUT2D eigenvalue weighted by atomic mass is 32.1. The Labute approximate surface area is 220 Å². The fourth-order valence-electron chi connectivity index (χ4n) is 5.58. The number of thiocarbonyl (C=S) groups is 1. The van der Waals surface area contributed by atoms with Crippen LogP contribution >= 0.6 is 12.2 Å². The maximum atomic E-state index is 5.97. The minimum Gasteiger partial charge on any atom is -0.351 e. The lowest BCUT2D eigenvalue weighted by Gasteiger charge is -2.29. The first kappa shape index (κ1) is 24.3. The minimum absolute atomic E-state index is 0.0245. The van der Waals surface area contributed by atoms with E-state index in [1.165, 1.54) is 44.9 Å². The molecule has 0 saturated carbocycles. The quantitative estimate of drug-likeness (QED) is 0.299. The van der Waals surface area contributed by atoms with Gasteiger partial charge in [-0.15, -0.1) is 0 Å². The van der Waals surface area contributed by atoms with Crippen molar-refractivity contribution in [3.8, 4) is 5.69 Å². The number of aromatic nitrogens is 2. The molecular weight excluding hydrogens is 460 g/mol. The molecule has 1 fully saturated rings. The number of pyridine rings is 1. The van der Waals surface area contributed by atoms with Crippen LogP contribution in [0, 0.1) is 34.6 Å². The average Bonchev–Trinajstić information content (AvgIpc) is 3.36. The largest absolute Gasteiger partial charge is 0.351 e. The molecule has 2 aromatic heterocycles. The molecule has 0 amide bonds. The van der Waals surface area contributed by atoms with E-state index in [9.17, 15) is 0 Å². The van der Waals surface area contributed by atoms with Gasteiger partial charge >= 0.3 is 0 Å². The predicted molar refractivity (Wildman–Crippen MR) is 153 cm³/mol. The van der Waals surface area contributed by atoms with Crippen LogP contribution in [-0.4, -0.2) is 14.7 Å². The van der Waals surface area contributed by atoms with Crippen molar-refractivity contribution in [2.45, 2.75) is 60.0 Å². The van der Waals surface area contributed by atoms with E-state index in [4.69, 9.17) is 17.2 Å². The van der Waals surface area contributed by atoms with Crippen molar-refractivity contribution < 1.29 is 0 Å². The molecule has 0 radical (unpaired) electrons. The molecule has 0 spiro atoms. The Morgan fingerprint density at radius 1 is 0.889 bits per heavy atom. The van der Waals surface area contributed by atoms with Gasteiger partial charge < -0.3 is 14.8 Å². The van der Waals surface area contributed by atoms with E-state index in [-0.39, 0.29) is 12.1 Å². The highest BCUT2D eigenvalue weighted by molar-refractivity contribution is 7.80. The lowest BCUT2D eigenvalue weighted by Crippen LogP contribution is -2.29. The molecule has 184 valence electrons. The highest BCUT2D eigenvalue weighted by Gasteiger charge is 2.42. The Hall–Kier alpha value is -3.44. The van der Waals surface area contributed by atoms with E-state index in [0.717, 1.165) is 22.9 Å². The molecule has 1 saturated heterocycles. The molecular formula is C31H34N4S. The van der Waals surface area contributed by atoms with Gasteiger partial charge in [0, 0.05) is 23.3 Å². The summed E-state index contributed by atoms with van der Waals surface area (Å²) in [5, 5.41) is 4.35. The van der Waals surface area contributed by atoms with Gasteiger partial charge in [0.2, 0.25) is 0 Å². The first-order valence-corrected chi connectivity index (χ1v) is 13.1. The van der Waals surface area contributed by atoms with Crippen molar-refractivity contribution in [3.05, 3.63) is 112 Å². The van der Waals surface area contributed by atoms with Gasteiger partial charge in [-0.1, -0.05) is 37.3 Å². The molecule has 5 heteroatoms. The number of rotatable bonds is 5. The number of benzene rings is 2. The number of hydrogen-bond acceptors (Lipinski definition) is 2. The van der Waals surface area contributed by atoms with Crippen molar-refractivity contribution in [2.24, 2.45) is 0 Å². The number of nitrogens with one attached hydrogen (secondary N) is 1. The Balaban J connectivity index is 1.72. The molecule has 0 aliphatic carbocycles. The molecule has 1 aliphatic rings. The number of aryl methyl sites for hydroxylation is 5. The van der Waals surface area contributed by atoms with Gasteiger partial charge in [0.25, 0.3) is 0 Å². The van der Waals surface area contributed by atoms with Crippen molar-refractivity contribution in [1.29, 1.82) is 0 Å². The van der Waals surface area contributed by atoms with Crippen LogP contribution in [0.5, 0.6) is 0 Å². The second kappa shape index (κ2) is 9.55. The third-order valence-corrected chi connectivity index (χ3v) is 7.90. The Morgan fingerprint density at radius 3 is 2.39 bits per heavy atom. The standard InChI is InChI=1S/C31H34N4S/c1-7-24-12-10-11-20(3)29(24)34-22(5)18-26(23(34)6)30-28(27-13-8-9-16-32-27)33-31(36)35(30)25-15-14-19(2)21(4)17-25/h8-18,28,30H,7H2,1-6H3,(H,33,36). The zero-order chi connectivity index (χ0) is 25.6. The summed E-state index contributed by atoms with van der Waals surface area (Å²) in [7, 11) is 0. The molecule has 0 bridgehead atoms. The van der Waals surface area contributed by atoms with Gasteiger partial charge in [0.05, 0.1) is 23.5 Å². The van der Waals surface area contributed by atoms with E-state index in [1.54, 1.807) is 0 Å². The third-order valence-electron chi connectivity index (χ3n) is 7.58. The van der Waals surface area contributed by atoms with E-state index in [1.807, 2.05) is 18.3 Å². The van der Waals surface area contributed by atoms with Gasteiger partial charge in [-0.25, -0.2) is 0 Å². The maximum absolute atomic E-state index is 5.97. The van der Waals surface area contributed by atoms with Crippen LogP contribution in [0.2, 0.25) is 0 Å². The zero-order valence-electron chi connectivity index (χ0n) is 22.0. The van der Waals surface area contributed by atoms with E-state index >= 15 is 0 Å².